The van der Waals surface area contributed by atoms with Gasteiger partial charge in [-0.3, -0.25) is 4.79 Å². The van der Waals surface area contributed by atoms with Crippen molar-refractivity contribution in [2.75, 3.05) is 6.61 Å². The molecule has 2 atom stereocenters. The highest BCUT2D eigenvalue weighted by Gasteiger charge is 2.30. The largest absolute Gasteiger partial charge is 0.480 e. The van der Waals surface area contributed by atoms with Gasteiger partial charge in [0.25, 0.3) is 0 Å². The first-order chi connectivity index (χ1) is 16.2. The number of carboxylic acid groups (broad SMARTS) is 1. The predicted octanol–water partition coefficient (Wildman–Crippen LogP) is 4.56. The minimum Gasteiger partial charge on any atom is -0.480 e. The van der Waals surface area contributed by atoms with E-state index in [4.69, 9.17) is 4.74 Å². The first kappa shape index (κ1) is 25.3. The second-order valence-electron chi connectivity index (χ2n) is 9.61. The maximum Gasteiger partial charge on any atom is 0.407 e. The van der Waals surface area contributed by atoms with Crippen LogP contribution >= 0.6 is 0 Å². The van der Waals surface area contributed by atoms with Gasteiger partial charge in [-0.25, -0.2) is 9.59 Å². The molecule has 1 aliphatic carbocycles. The molecule has 34 heavy (non-hydrogen) atoms. The van der Waals surface area contributed by atoms with Gasteiger partial charge in [-0.2, -0.15) is 0 Å². The summed E-state index contributed by atoms with van der Waals surface area (Å²) in [5.74, 6) is -1.44. The van der Waals surface area contributed by atoms with Crippen LogP contribution in [0.5, 0.6) is 0 Å². The third-order valence-corrected chi connectivity index (χ3v) is 6.20. The summed E-state index contributed by atoms with van der Waals surface area (Å²) in [6.45, 7) is 7.77. The molecule has 7 heteroatoms. The molecule has 1 unspecified atom stereocenters. The van der Waals surface area contributed by atoms with Crippen LogP contribution in [0.25, 0.3) is 11.1 Å². The van der Waals surface area contributed by atoms with Gasteiger partial charge in [0.1, 0.15) is 12.6 Å². The summed E-state index contributed by atoms with van der Waals surface area (Å²) < 4.78 is 5.60. The SMILES string of the molecule is CC(C)C[C@H](NC(=O)CC(NC(=O)OCC1c2ccccc2-c2ccccc21)C(C)C)C(=O)O. The molecule has 1 aliphatic rings. The molecule has 0 fully saturated rings. The quantitative estimate of drug-likeness (QED) is 0.476. The number of carbonyl (C=O) groups is 3. The minimum atomic E-state index is -1.06. The van der Waals surface area contributed by atoms with Gasteiger partial charge in [0.15, 0.2) is 0 Å². The molecule has 2 amide bonds. The second-order valence-corrected chi connectivity index (χ2v) is 9.61. The first-order valence-electron chi connectivity index (χ1n) is 11.8. The zero-order valence-electron chi connectivity index (χ0n) is 20.2. The lowest BCUT2D eigenvalue weighted by molar-refractivity contribution is -0.142. The number of nitrogens with one attached hydrogen (secondary N) is 2. The summed E-state index contributed by atoms with van der Waals surface area (Å²) in [5.41, 5.74) is 4.55. The Morgan fingerprint density at radius 1 is 0.912 bits per heavy atom. The molecule has 0 bridgehead atoms. The smallest absolute Gasteiger partial charge is 0.407 e. The van der Waals surface area contributed by atoms with Gasteiger partial charge in [0.05, 0.1) is 0 Å². The van der Waals surface area contributed by atoms with Crippen molar-refractivity contribution in [3.63, 3.8) is 0 Å². The van der Waals surface area contributed by atoms with E-state index in [0.29, 0.717) is 6.42 Å². The summed E-state index contributed by atoms with van der Waals surface area (Å²) in [4.78, 5) is 36.6. The Kier molecular flexibility index (Phi) is 8.31. The Bertz CT molecular complexity index is 988. The molecular weight excluding hydrogens is 432 g/mol. The van der Waals surface area contributed by atoms with Crippen LogP contribution in [0.4, 0.5) is 4.79 Å². The standard InChI is InChI=1S/C27H34N2O5/c1-16(2)13-24(26(31)32)28-25(30)14-23(17(3)4)29-27(33)34-15-22-20-11-7-5-9-18(20)19-10-6-8-12-21(19)22/h5-12,16-17,22-24H,13-15H2,1-4H3,(H,28,30)(H,29,33)(H,31,32)/t23?,24-/m0/s1. The lowest BCUT2D eigenvalue weighted by Gasteiger charge is -2.24. The summed E-state index contributed by atoms with van der Waals surface area (Å²) in [6, 6.07) is 14.8. The van der Waals surface area contributed by atoms with Crippen molar-refractivity contribution >= 4 is 18.0 Å². The number of fused-ring (bicyclic) bond motifs is 3. The summed E-state index contributed by atoms with van der Waals surface area (Å²) in [7, 11) is 0. The molecular formula is C27H34N2O5. The summed E-state index contributed by atoms with van der Waals surface area (Å²) >= 11 is 0. The molecule has 0 saturated carbocycles. The molecule has 0 radical (unpaired) electrons. The number of alkyl carbamates (subject to hydrolysis) is 1. The highest BCUT2D eigenvalue weighted by atomic mass is 16.5. The monoisotopic (exact) mass is 466 g/mol. The van der Waals surface area contributed by atoms with Crippen molar-refractivity contribution in [2.45, 2.75) is 58.5 Å². The van der Waals surface area contributed by atoms with E-state index >= 15 is 0 Å². The third kappa shape index (κ3) is 6.16. The molecule has 0 spiro atoms. The number of rotatable bonds is 10. The summed E-state index contributed by atoms with van der Waals surface area (Å²) in [6.07, 6.45) is -0.276. The molecule has 0 aromatic heterocycles. The third-order valence-electron chi connectivity index (χ3n) is 6.20. The number of amides is 2. The van der Waals surface area contributed by atoms with Gasteiger partial charge < -0.3 is 20.5 Å². The highest BCUT2D eigenvalue weighted by molar-refractivity contribution is 5.84. The van der Waals surface area contributed by atoms with Crippen LogP contribution in [0.3, 0.4) is 0 Å². The zero-order valence-corrected chi connectivity index (χ0v) is 20.2. The van der Waals surface area contributed by atoms with Crippen molar-refractivity contribution in [2.24, 2.45) is 11.8 Å². The van der Waals surface area contributed by atoms with Crippen LogP contribution in [0.2, 0.25) is 0 Å². The van der Waals surface area contributed by atoms with Crippen molar-refractivity contribution in [3.05, 3.63) is 59.7 Å². The van der Waals surface area contributed by atoms with Gasteiger partial charge in [0, 0.05) is 18.4 Å². The fourth-order valence-electron chi connectivity index (χ4n) is 4.39. The van der Waals surface area contributed by atoms with Crippen LogP contribution in [0.15, 0.2) is 48.5 Å². The van der Waals surface area contributed by atoms with E-state index in [-0.39, 0.29) is 30.8 Å². The average molecular weight is 467 g/mol. The molecule has 7 nitrogen and oxygen atoms in total. The molecule has 0 saturated heterocycles. The minimum absolute atomic E-state index is 0.0241. The Balaban J connectivity index is 1.59. The average Bonchev–Trinajstić information content (AvgIpc) is 3.10. The predicted molar refractivity (Wildman–Crippen MR) is 130 cm³/mol. The van der Waals surface area contributed by atoms with E-state index in [1.807, 2.05) is 52.0 Å². The normalized spacial score (nSPS) is 14.3. The fraction of sp³-hybridized carbons (Fsp3) is 0.444. The Labute approximate surface area is 200 Å². The lowest BCUT2D eigenvalue weighted by atomic mass is 9.98. The van der Waals surface area contributed by atoms with E-state index in [1.165, 1.54) is 0 Å². The lowest BCUT2D eigenvalue weighted by Crippen LogP contribution is -2.46. The molecule has 0 aliphatic heterocycles. The maximum atomic E-state index is 12.6. The Hall–Kier alpha value is -3.35. The number of hydrogen-bond donors (Lipinski definition) is 3. The van der Waals surface area contributed by atoms with Gasteiger partial charge in [-0.15, -0.1) is 0 Å². The van der Waals surface area contributed by atoms with E-state index in [9.17, 15) is 19.5 Å². The van der Waals surface area contributed by atoms with Crippen molar-refractivity contribution in [1.29, 1.82) is 0 Å². The Morgan fingerprint density at radius 3 is 1.97 bits per heavy atom. The highest BCUT2D eigenvalue weighted by Crippen LogP contribution is 2.44. The number of carboxylic acids is 1. The van der Waals surface area contributed by atoms with E-state index in [2.05, 4.69) is 34.9 Å². The van der Waals surface area contributed by atoms with Crippen LogP contribution in [0, 0.1) is 11.8 Å². The van der Waals surface area contributed by atoms with Crippen LogP contribution in [0.1, 0.15) is 57.6 Å². The van der Waals surface area contributed by atoms with E-state index in [0.717, 1.165) is 22.3 Å². The summed E-state index contributed by atoms with van der Waals surface area (Å²) in [5, 5.41) is 14.7. The van der Waals surface area contributed by atoms with Gasteiger partial charge in [-0.1, -0.05) is 76.2 Å². The van der Waals surface area contributed by atoms with Crippen LogP contribution < -0.4 is 10.6 Å². The molecule has 0 heterocycles. The number of hydrogen-bond acceptors (Lipinski definition) is 4. The van der Waals surface area contributed by atoms with Crippen molar-refractivity contribution in [3.8, 4) is 11.1 Å². The zero-order chi connectivity index (χ0) is 24.8. The van der Waals surface area contributed by atoms with Crippen molar-refractivity contribution < 1.29 is 24.2 Å². The Morgan fingerprint density at radius 2 is 1.47 bits per heavy atom. The number of aliphatic carboxylic acids is 1. The van der Waals surface area contributed by atoms with E-state index in [1.54, 1.807) is 0 Å². The number of benzene rings is 2. The maximum absolute atomic E-state index is 12.6. The van der Waals surface area contributed by atoms with Crippen LogP contribution in [-0.4, -0.2) is 41.8 Å². The molecule has 2 aromatic rings. The number of ether oxygens (including phenoxy) is 1. The topological polar surface area (TPSA) is 105 Å². The van der Waals surface area contributed by atoms with Gasteiger partial charge >= 0.3 is 12.1 Å². The fourth-order valence-corrected chi connectivity index (χ4v) is 4.39. The van der Waals surface area contributed by atoms with Gasteiger partial charge in [0.2, 0.25) is 5.91 Å². The van der Waals surface area contributed by atoms with E-state index < -0.39 is 30.1 Å². The number of carbonyl (C=O) groups excluding carboxylic acids is 2. The molecule has 182 valence electrons. The molecule has 3 N–H and O–H groups in total. The molecule has 2 aromatic carbocycles. The van der Waals surface area contributed by atoms with Gasteiger partial charge in [-0.05, 0) is 40.5 Å². The molecule has 3 rings (SSSR count). The first-order valence-corrected chi connectivity index (χ1v) is 11.8. The second kappa shape index (κ2) is 11.2. The van der Waals surface area contributed by atoms with Crippen molar-refractivity contribution in [1.82, 2.24) is 10.6 Å². The van der Waals surface area contributed by atoms with Crippen LogP contribution in [-0.2, 0) is 14.3 Å².